The number of hydrogen-bond acceptors (Lipinski definition) is 4. The molecule has 0 bridgehead atoms. The fourth-order valence-electron chi connectivity index (χ4n) is 1.20. The van der Waals surface area contributed by atoms with Crippen LogP contribution < -0.4 is 15.8 Å². The largest absolute Gasteiger partial charge is 0.484 e. The molecule has 0 aliphatic heterocycles. The number of carbonyl (C=O) groups is 1. The Morgan fingerprint density at radius 1 is 1.32 bits per heavy atom. The van der Waals surface area contributed by atoms with Crippen LogP contribution in [-0.4, -0.2) is 38.7 Å². The summed E-state index contributed by atoms with van der Waals surface area (Å²) in [6.45, 7) is -0.578. The van der Waals surface area contributed by atoms with Crippen LogP contribution in [0.2, 0.25) is 0 Å². The lowest BCUT2D eigenvalue weighted by atomic mass is 10.3. The van der Waals surface area contributed by atoms with Gasteiger partial charge >= 0.3 is 0 Å². The van der Waals surface area contributed by atoms with E-state index in [0.29, 0.717) is 11.4 Å². The van der Waals surface area contributed by atoms with Crippen LogP contribution in [0.3, 0.4) is 0 Å². The van der Waals surface area contributed by atoms with Gasteiger partial charge in [0, 0.05) is 12.2 Å². The minimum Gasteiger partial charge on any atom is -0.484 e. The second kappa shape index (κ2) is 8.25. The van der Waals surface area contributed by atoms with Gasteiger partial charge in [-0.2, -0.15) is 0 Å². The molecule has 0 unspecified atom stereocenters. The van der Waals surface area contributed by atoms with Crippen molar-refractivity contribution in [1.82, 2.24) is 5.32 Å². The molecule has 0 aromatic heterocycles. The standard InChI is InChI=1S/C12H16F2N2O3/c13-11(14)7-18-6-5-16-12(17)8-19-10-3-1-9(15)2-4-10/h1-4,11H,5-8,15H2,(H,16,17). The fourth-order valence-corrected chi connectivity index (χ4v) is 1.20. The van der Waals surface area contributed by atoms with Crippen LogP contribution in [-0.2, 0) is 9.53 Å². The third-order valence-electron chi connectivity index (χ3n) is 2.06. The molecule has 0 spiro atoms. The monoisotopic (exact) mass is 274 g/mol. The Labute approximate surface area is 109 Å². The Hall–Kier alpha value is -1.89. The number of halogens is 2. The topological polar surface area (TPSA) is 73.6 Å². The quantitative estimate of drug-likeness (QED) is 0.549. The summed E-state index contributed by atoms with van der Waals surface area (Å²) in [5, 5.41) is 2.48. The Morgan fingerprint density at radius 2 is 2.00 bits per heavy atom. The fraction of sp³-hybridized carbons (Fsp3) is 0.417. The van der Waals surface area contributed by atoms with Crippen LogP contribution in [0.15, 0.2) is 24.3 Å². The number of nitrogens with one attached hydrogen (secondary N) is 1. The highest BCUT2D eigenvalue weighted by molar-refractivity contribution is 5.77. The maximum absolute atomic E-state index is 11.7. The summed E-state index contributed by atoms with van der Waals surface area (Å²) in [6, 6.07) is 6.61. The summed E-state index contributed by atoms with van der Waals surface area (Å²) >= 11 is 0. The first-order valence-corrected chi connectivity index (χ1v) is 5.69. The van der Waals surface area contributed by atoms with Crippen molar-refractivity contribution in [3.63, 3.8) is 0 Å². The zero-order chi connectivity index (χ0) is 14.1. The highest BCUT2D eigenvalue weighted by Crippen LogP contribution is 2.12. The molecule has 0 heterocycles. The van der Waals surface area contributed by atoms with Crippen molar-refractivity contribution in [2.45, 2.75) is 6.43 Å². The summed E-state index contributed by atoms with van der Waals surface area (Å²) in [5.41, 5.74) is 6.10. The van der Waals surface area contributed by atoms with Crippen LogP contribution in [0, 0.1) is 0 Å². The molecule has 0 saturated heterocycles. The third-order valence-corrected chi connectivity index (χ3v) is 2.06. The van der Waals surface area contributed by atoms with E-state index >= 15 is 0 Å². The zero-order valence-electron chi connectivity index (χ0n) is 10.3. The molecule has 19 heavy (non-hydrogen) atoms. The lowest BCUT2D eigenvalue weighted by Gasteiger charge is -2.08. The Balaban J connectivity index is 2.09. The summed E-state index contributed by atoms with van der Waals surface area (Å²) in [6.07, 6.45) is -2.50. The van der Waals surface area contributed by atoms with Gasteiger partial charge in [0.05, 0.1) is 6.61 Å². The molecule has 5 nitrogen and oxygen atoms in total. The van der Waals surface area contributed by atoms with Gasteiger partial charge in [-0.1, -0.05) is 0 Å². The number of ether oxygens (including phenoxy) is 2. The van der Waals surface area contributed by atoms with E-state index in [-0.39, 0.29) is 25.7 Å². The Kier molecular flexibility index (Phi) is 6.59. The Morgan fingerprint density at radius 3 is 2.63 bits per heavy atom. The first-order chi connectivity index (χ1) is 9.08. The second-order valence-corrected chi connectivity index (χ2v) is 3.67. The van der Waals surface area contributed by atoms with Gasteiger partial charge in [0.1, 0.15) is 12.4 Å². The molecule has 1 aromatic rings. The van der Waals surface area contributed by atoms with Gasteiger partial charge in [-0.15, -0.1) is 0 Å². The molecule has 0 aliphatic rings. The van der Waals surface area contributed by atoms with Crippen LogP contribution in [0.25, 0.3) is 0 Å². The molecule has 0 aliphatic carbocycles. The number of benzene rings is 1. The minimum atomic E-state index is -2.50. The van der Waals surface area contributed by atoms with Crippen molar-refractivity contribution in [1.29, 1.82) is 0 Å². The molecule has 3 N–H and O–H groups in total. The van der Waals surface area contributed by atoms with Crippen molar-refractivity contribution in [2.24, 2.45) is 0 Å². The molecule has 0 fully saturated rings. The number of anilines is 1. The molecular weight excluding hydrogens is 258 g/mol. The van der Waals surface area contributed by atoms with E-state index in [1.54, 1.807) is 24.3 Å². The first kappa shape index (κ1) is 15.2. The summed E-state index contributed by atoms with van der Waals surface area (Å²) in [5.74, 6) is 0.177. The van der Waals surface area contributed by atoms with Gasteiger partial charge in [-0.05, 0) is 24.3 Å². The summed E-state index contributed by atoms with van der Waals surface area (Å²) in [4.78, 5) is 11.3. The summed E-state index contributed by atoms with van der Waals surface area (Å²) < 4.78 is 33.2. The lowest BCUT2D eigenvalue weighted by molar-refractivity contribution is -0.123. The maximum atomic E-state index is 11.7. The molecule has 0 atom stereocenters. The highest BCUT2D eigenvalue weighted by Gasteiger charge is 2.04. The predicted octanol–water partition coefficient (Wildman–Crippen LogP) is 1.05. The smallest absolute Gasteiger partial charge is 0.261 e. The van der Waals surface area contributed by atoms with Gasteiger partial charge in [0.2, 0.25) is 0 Å². The van der Waals surface area contributed by atoms with Crippen molar-refractivity contribution in [3.8, 4) is 5.75 Å². The van der Waals surface area contributed by atoms with Crippen molar-refractivity contribution in [3.05, 3.63) is 24.3 Å². The van der Waals surface area contributed by atoms with Crippen molar-refractivity contribution >= 4 is 11.6 Å². The van der Waals surface area contributed by atoms with E-state index in [2.05, 4.69) is 10.1 Å². The predicted molar refractivity (Wildman–Crippen MR) is 66.2 cm³/mol. The maximum Gasteiger partial charge on any atom is 0.261 e. The molecule has 0 radical (unpaired) electrons. The number of rotatable bonds is 8. The van der Waals surface area contributed by atoms with E-state index in [0.717, 1.165) is 0 Å². The molecular formula is C12H16F2N2O3. The van der Waals surface area contributed by atoms with E-state index in [1.165, 1.54) is 0 Å². The number of carbonyl (C=O) groups excluding carboxylic acids is 1. The number of amides is 1. The van der Waals surface area contributed by atoms with Crippen molar-refractivity contribution < 1.29 is 23.0 Å². The number of alkyl halides is 2. The Bertz CT molecular complexity index is 385. The molecule has 0 saturated carbocycles. The van der Waals surface area contributed by atoms with Gasteiger partial charge in [-0.3, -0.25) is 4.79 Å². The molecule has 1 aromatic carbocycles. The van der Waals surface area contributed by atoms with Crippen LogP contribution >= 0.6 is 0 Å². The highest BCUT2D eigenvalue weighted by atomic mass is 19.3. The minimum absolute atomic E-state index is 0.0396. The van der Waals surface area contributed by atoms with Crippen LogP contribution in [0.5, 0.6) is 5.75 Å². The second-order valence-electron chi connectivity index (χ2n) is 3.67. The van der Waals surface area contributed by atoms with Crippen LogP contribution in [0.4, 0.5) is 14.5 Å². The molecule has 1 rings (SSSR count). The van der Waals surface area contributed by atoms with Crippen LogP contribution in [0.1, 0.15) is 0 Å². The van der Waals surface area contributed by atoms with E-state index in [1.807, 2.05) is 0 Å². The van der Waals surface area contributed by atoms with Gasteiger partial charge < -0.3 is 20.5 Å². The molecule has 1 amide bonds. The van der Waals surface area contributed by atoms with Gasteiger partial charge in [0.15, 0.2) is 6.61 Å². The van der Waals surface area contributed by atoms with Gasteiger partial charge in [0.25, 0.3) is 12.3 Å². The zero-order valence-corrected chi connectivity index (χ0v) is 10.3. The lowest BCUT2D eigenvalue weighted by Crippen LogP contribution is -2.32. The van der Waals surface area contributed by atoms with E-state index < -0.39 is 13.0 Å². The number of nitrogens with two attached hydrogens (primary N) is 1. The normalized spacial score (nSPS) is 10.5. The van der Waals surface area contributed by atoms with E-state index in [4.69, 9.17) is 10.5 Å². The first-order valence-electron chi connectivity index (χ1n) is 5.69. The molecule has 106 valence electrons. The van der Waals surface area contributed by atoms with Crippen molar-refractivity contribution in [2.75, 3.05) is 32.1 Å². The van der Waals surface area contributed by atoms with Gasteiger partial charge in [-0.25, -0.2) is 8.78 Å². The SMILES string of the molecule is Nc1ccc(OCC(=O)NCCOCC(F)F)cc1. The number of nitrogen functional groups attached to an aromatic ring is 1. The summed E-state index contributed by atoms with van der Waals surface area (Å²) in [7, 11) is 0. The van der Waals surface area contributed by atoms with E-state index in [9.17, 15) is 13.6 Å². The molecule has 7 heteroatoms. The third kappa shape index (κ3) is 7.20. The number of hydrogen-bond donors (Lipinski definition) is 2. The average molecular weight is 274 g/mol. The average Bonchev–Trinajstić information content (AvgIpc) is 2.37.